The molecule has 82 valence electrons. The Kier molecular flexibility index (Phi) is 3.31. The third kappa shape index (κ3) is 2.64. The van der Waals surface area contributed by atoms with Crippen LogP contribution in [0.3, 0.4) is 0 Å². The summed E-state index contributed by atoms with van der Waals surface area (Å²) in [6.45, 7) is 0. The van der Waals surface area contributed by atoms with Crippen LogP contribution in [-0.2, 0) is 10.2 Å². The van der Waals surface area contributed by atoms with E-state index in [0.29, 0.717) is 0 Å². The van der Waals surface area contributed by atoms with Crippen LogP contribution in [0.1, 0.15) is 0 Å². The highest BCUT2D eigenvalue weighted by molar-refractivity contribution is 9.10. The molecule has 0 aliphatic carbocycles. The minimum Gasteiger partial charge on any atom is -0.258 e. The molecule has 1 aromatic carbocycles. The highest BCUT2D eigenvalue weighted by atomic mass is 79.9. The second kappa shape index (κ2) is 4.03. The van der Waals surface area contributed by atoms with E-state index in [1.165, 1.54) is 0 Å². The van der Waals surface area contributed by atoms with Crippen LogP contribution in [0, 0.1) is 10.1 Å². The van der Waals surface area contributed by atoms with Gasteiger partial charge in [-0.15, -0.1) is 3.89 Å². The molecule has 0 aliphatic rings. The molecule has 9 heteroatoms. The summed E-state index contributed by atoms with van der Waals surface area (Å²) in [5.41, 5.74) is -0.612. The summed E-state index contributed by atoms with van der Waals surface area (Å²) in [5.74, 6) is 0. The molecule has 0 atom stereocenters. The van der Waals surface area contributed by atoms with Gasteiger partial charge in [0.2, 0.25) is 0 Å². The Morgan fingerprint density at radius 3 is 2.40 bits per heavy atom. The van der Waals surface area contributed by atoms with Crippen molar-refractivity contribution in [1.82, 2.24) is 0 Å². The maximum atomic E-state index is 12.7. The van der Waals surface area contributed by atoms with Crippen LogP contribution in [0.5, 0.6) is 0 Å². The molecule has 0 unspecified atom stereocenters. The van der Waals surface area contributed by atoms with Crippen molar-refractivity contribution in [3.8, 4) is 0 Å². The lowest BCUT2D eigenvalue weighted by atomic mass is 10.3. The fraction of sp³-hybridized carbons (Fsp3) is 0. The van der Waals surface area contributed by atoms with E-state index in [0.717, 1.165) is 12.1 Å². The SMILES string of the molecule is O=[N+]([O-])c1cc(Cl)cc(S(=O)(=O)F)c1Br. The Labute approximate surface area is 97.3 Å². The monoisotopic (exact) mass is 317 g/mol. The Bertz CT molecular complexity index is 532. The van der Waals surface area contributed by atoms with Crippen molar-refractivity contribution in [3.63, 3.8) is 0 Å². The minimum atomic E-state index is -5.05. The molecule has 0 heterocycles. The second-order valence-corrected chi connectivity index (χ2v) is 4.98. The lowest BCUT2D eigenvalue weighted by Crippen LogP contribution is -1.98. The van der Waals surface area contributed by atoms with Gasteiger partial charge in [0.25, 0.3) is 5.69 Å². The summed E-state index contributed by atoms with van der Waals surface area (Å²) in [5, 5.41) is 10.2. The molecule has 0 fully saturated rings. The topological polar surface area (TPSA) is 77.3 Å². The van der Waals surface area contributed by atoms with Crippen LogP contribution >= 0.6 is 27.5 Å². The molecular weight excluding hydrogens is 316 g/mol. The van der Waals surface area contributed by atoms with E-state index >= 15 is 0 Å². The predicted octanol–water partition coefficient (Wildman–Crippen LogP) is 2.67. The van der Waals surface area contributed by atoms with Gasteiger partial charge >= 0.3 is 10.2 Å². The van der Waals surface area contributed by atoms with Crippen molar-refractivity contribution < 1.29 is 17.2 Å². The van der Waals surface area contributed by atoms with Gasteiger partial charge in [-0.1, -0.05) is 11.6 Å². The maximum absolute atomic E-state index is 12.7. The van der Waals surface area contributed by atoms with Crippen LogP contribution in [0.15, 0.2) is 21.5 Å². The summed E-state index contributed by atoms with van der Waals surface area (Å²) in [6.07, 6.45) is 0. The molecule has 0 aliphatic heterocycles. The average Bonchev–Trinajstić information content (AvgIpc) is 2.06. The summed E-state index contributed by atoms with van der Waals surface area (Å²) in [4.78, 5) is 8.72. The molecular formula is C6H2BrClFNO4S. The molecule has 0 radical (unpaired) electrons. The number of hydrogen-bond donors (Lipinski definition) is 0. The van der Waals surface area contributed by atoms with Crippen LogP contribution < -0.4 is 0 Å². The van der Waals surface area contributed by atoms with E-state index in [9.17, 15) is 22.4 Å². The number of nitrogens with zero attached hydrogens (tertiary/aromatic N) is 1. The van der Waals surface area contributed by atoms with Crippen LogP contribution in [0.4, 0.5) is 9.57 Å². The number of nitro benzene ring substituents is 1. The van der Waals surface area contributed by atoms with E-state index in [1.54, 1.807) is 0 Å². The first kappa shape index (κ1) is 12.3. The van der Waals surface area contributed by atoms with Gasteiger partial charge in [0.15, 0.2) is 0 Å². The zero-order valence-corrected chi connectivity index (χ0v) is 9.94. The Morgan fingerprint density at radius 2 is 2.00 bits per heavy atom. The van der Waals surface area contributed by atoms with E-state index in [4.69, 9.17) is 11.6 Å². The first-order chi connectivity index (χ1) is 6.73. The zero-order valence-electron chi connectivity index (χ0n) is 6.78. The molecule has 0 saturated carbocycles. The first-order valence-corrected chi connectivity index (χ1v) is 5.87. The Balaban J connectivity index is 3.63. The smallest absolute Gasteiger partial charge is 0.258 e. The van der Waals surface area contributed by atoms with E-state index in [-0.39, 0.29) is 5.02 Å². The molecule has 1 rings (SSSR count). The third-order valence-corrected chi connectivity index (χ3v) is 3.61. The molecule has 1 aromatic rings. The second-order valence-electron chi connectivity index (χ2n) is 2.43. The van der Waals surface area contributed by atoms with Crippen LogP contribution in [-0.4, -0.2) is 13.3 Å². The van der Waals surface area contributed by atoms with Crippen molar-refractivity contribution in [2.75, 3.05) is 0 Å². The van der Waals surface area contributed by atoms with Gasteiger partial charge in [0.1, 0.15) is 9.37 Å². The average molecular weight is 319 g/mol. The highest BCUT2D eigenvalue weighted by Crippen LogP contribution is 2.35. The van der Waals surface area contributed by atoms with Gasteiger partial charge in [-0.05, 0) is 22.0 Å². The van der Waals surface area contributed by atoms with E-state index in [2.05, 4.69) is 15.9 Å². The molecule has 0 spiro atoms. The molecule has 15 heavy (non-hydrogen) atoms. The minimum absolute atomic E-state index is 0.235. The quantitative estimate of drug-likeness (QED) is 0.477. The van der Waals surface area contributed by atoms with Crippen LogP contribution in [0.25, 0.3) is 0 Å². The van der Waals surface area contributed by atoms with E-state index < -0.39 is 30.2 Å². The van der Waals surface area contributed by atoms with Crippen molar-refractivity contribution in [2.45, 2.75) is 4.90 Å². The summed E-state index contributed by atoms with van der Waals surface area (Å²) in [6, 6.07) is 1.70. The molecule has 5 nitrogen and oxygen atoms in total. The van der Waals surface area contributed by atoms with Gasteiger partial charge in [-0.25, -0.2) is 0 Å². The molecule has 0 bridgehead atoms. The van der Waals surface area contributed by atoms with Crippen molar-refractivity contribution in [3.05, 3.63) is 31.7 Å². The number of rotatable bonds is 2. The van der Waals surface area contributed by atoms with Crippen molar-refractivity contribution in [1.29, 1.82) is 0 Å². The molecule has 0 N–H and O–H groups in total. The lowest BCUT2D eigenvalue weighted by molar-refractivity contribution is -0.385. The van der Waals surface area contributed by atoms with Crippen molar-refractivity contribution in [2.24, 2.45) is 0 Å². The summed E-state index contributed by atoms with van der Waals surface area (Å²) >= 11 is 8.05. The lowest BCUT2D eigenvalue weighted by Gasteiger charge is -2.01. The highest BCUT2D eigenvalue weighted by Gasteiger charge is 2.25. The standard InChI is InChI=1S/C6H2BrClFNO4S/c7-6-4(10(11)12)1-3(8)2-5(6)15(9,13)14/h1-2H. The Morgan fingerprint density at radius 1 is 1.47 bits per heavy atom. The fourth-order valence-corrected chi connectivity index (χ4v) is 2.68. The van der Waals surface area contributed by atoms with Gasteiger partial charge in [-0.3, -0.25) is 10.1 Å². The molecule has 0 saturated heterocycles. The fourth-order valence-electron chi connectivity index (χ4n) is 0.861. The maximum Gasteiger partial charge on any atom is 0.333 e. The molecule has 0 aromatic heterocycles. The summed E-state index contributed by atoms with van der Waals surface area (Å²) in [7, 11) is -5.05. The van der Waals surface area contributed by atoms with Gasteiger partial charge < -0.3 is 0 Å². The van der Waals surface area contributed by atoms with Crippen molar-refractivity contribution >= 4 is 43.4 Å². The number of hydrogen-bond acceptors (Lipinski definition) is 4. The number of benzene rings is 1. The molecule has 0 amide bonds. The van der Waals surface area contributed by atoms with Crippen LogP contribution in [0.2, 0.25) is 5.02 Å². The van der Waals surface area contributed by atoms with E-state index in [1.807, 2.05) is 0 Å². The number of nitro groups is 1. The summed E-state index contributed by atoms with van der Waals surface area (Å²) < 4.78 is 33.4. The number of halogens is 3. The third-order valence-electron chi connectivity index (χ3n) is 1.44. The normalized spacial score (nSPS) is 11.4. The first-order valence-electron chi connectivity index (χ1n) is 3.31. The van der Waals surface area contributed by atoms with Gasteiger partial charge in [-0.2, -0.15) is 8.42 Å². The Hall–Kier alpha value is -0.730. The largest absolute Gasteiger partial charge is 0.333 e. The van der Waals surface area contributed by atoms with Gasteiger partial charge in [0.05, 0.1) is 4.92 Å². The van der Waals surface area contributed by atoms with Gasteiger partial charge in [0, 0.05) is 11.1 Å². The predicted molar refractivity (Wildman–Crippen MR) is 54.1 cm³/mol. The zero-order chi connectivity index (χ0) is 11.8.